The predicted molar refractivity (Wildman–Crippen MR) is 77.2 cm³/mol. The number of nitrogens with zero attached hydrogens (tertiary/aromatic N) is 2. The standard InChI is InChI=1S/C15H21N3O2/c1-11-5-4-6-12(7-11)13(16-2)8-18-10-14(19)17(3)9-15(18)20/h4-7,13,16H,8-10H2,1-3H3. The number of piperazine rings is 1. The molecule has 1 aliphatic heterocycles. The van der Waals surface area contributed by atoms with Crippen molar-refractivity contribution in [1.82, 2.24) is 15.1 Å². The van der Waals surface area contributed by atoms with E-state index in [1.807, 2.05) is 32.2 Å². The SMILES string of the molecule is CNC(CN1CC(=O)N(C)CC1=O)c1cccc(C)c1. The van der Waals surface area contributed by atoms with Crippen LogP contribution < -0.4 is 5.32 Å². The molecule has 5 nitrogen and oxygen atoms in total. The smallest absolute Gasteiger partial charge is 0.242 e. The molecule has 20 heavy (non-hydrogen) atoms. The van der Waals surface area contributed by atoms with Crippen LogP contribution in [0.15, 0.2) is 24.3 Å². The molecule has 2 amide bonds. The highest BCUT2D eigenvalue weighted by atomic mass is 16.2. The zero-order valence-corrected chi connectivity index (χ0v) is 12.2. The normalized spacial score (nSPS) is 17.6. The van der Waals surface area contributed by atoms with Crippen molar-refractivity contribution in [2.24, 2.45) is 0 Å². The third-order valence-corrected chi connectivity index (χ3v) is 3.67. The fourth-order valence-corrected chi connectivity index (χ4v) is 2.40. The van der Waals surface area contributed by atoms with Gasteiger partial charge in [0.2, 0.25) is 11.8 Å². The molecule has 0 saturated carbocycles. The fraction of sp³-hybridized carbons (Fsp3) is 0.467. The minimum atomic E-state index is -0.0105. The second-order valence-electron chi connectivity index (χ2n) is 5.28. The van der Waals surface area contributed by atoms with Crippen molar-refractivity contribution in [3.63, 3.8) is 0 Å². The molecule has 0 radical (unpaired) electrons. The van der Waals surface area contributed by atoms with E-state index in [4.69, 9.17) is 0 Å². The van der Waals surface area contributed by atoms with Crippen LogP contribution in [0.1, 0.15) is 17.2 Å². The van der Waals surface area contributed by atoms with Gasteiger partial charge in [-0.1, -0.05) is 29.8 Å². The van der Waals surface area contributed by atoms with Crippen molar-refractivity contribution in [3.05, 3.63) is 35.4 Å². The molecule has 1 unspecified atom stereocenters. The lowest BCUT2D eigenvalue weighted by Crippen LogP contribution is -2.53. The summed E-state index contributed by atoms with van der Waals surface area (Å²) >= 11 is 0. The molecule has 108 valence electrons. The maximum atomic E-state index is 12.0. The first-order valence-corrected chi connectivity index (χ1v) is 6.77. The van der Waals surface area contributed by atoms with E-state index in [0.29, 0.717) is 6.54 Å². The molecule has 1 fully saturated rings. The first-order chi connectivity index (χ1) is 9.51. The Hall–Kier alpha value is -1.88. The molecule has 2 rings (SSSR count). The molecule has 1 saturated heterocycles. The van der Waals surface area contributed by atoms with Crippen LogP contribution in [0, 0.1) is 6.92 Å². The second kappa shape index (κ2) is 6.05. The van der Waals surface area contributed by atoms with Crippen molar-refractivity contribution in [2.75, 3.05) is 33.7 Å². The lowest BCUT2D eigenvalue weighted by Gasteiger charge is -2.34. The van der Waals surface area contributed by atoms with Crippen molar-refractivity contribution in [1.29, 1.82) is 0 Å². The van der Waals surface area contributed by atoms with Crippen molar-refractivity contribution < 1.29 is 9.59 Å². The van der Waals surface area contributed by atoms with Crippen LogP contribution in [0.4, 0.5) is 0 Å². The van der Waals surface area contributed by atoms with Crippen LogP contribution in [0.3, 0.4) is 0 Å². The molecule has 0 aliphatic carbocycles. The summed E-state index contributed by atoms with van der Waals surface area (Å²) in [6, 6.07) is 8.22. The molecule has 1 N–H and O–H groups in total. The Morgan fingerprint density at radius 3 is 2.65 bits per heavy atom. The second-order valence-corrected chi connectivity index (χ2v) is 5.28. The van der Waals surface area contributed by atoms with Gasteiger partial charge in [-0.15, -0.1) is 0 Å². The Balaban J connectivity index is 2.10. The Bertz CT molecular complexity index is 516. The predicted octanol–water partition coefficient (Wildman–Crippen LogP) is 0.556. The largest absolute Gasteiger partial charge is 0.335 e. The minimum Gasteiger partial charge on any atom is -0.335 e. The maximum absolute atomic E-state index is 12.0. The van der Waals surface area contributed by atoms with Crippen molar-refractivity contribution >= 4 is 11.8 Å². The Morgan fingerprint density at radius 2 is 2.00 bits per heavy atom. The first kappa shape index (κ1) is 14.5. The number of likely N-dealkylation sites (N-methyl/N-ethyl adjacent to an activating group) is 2. The molecule has 0 bridgehead atoms. The molecule has 0 spiro atoms. The van der Waals surface area contributed by atoms with E-state index < -0.39 is 0 Å². The molecular weight excluding hydrogens is 254 g/mol. The van der Waals surface area contributed by atoms with Gasteiger partial charge >= 0.3 is 0 Å². The number of hydrogen-bond acceptors (Lipinski definition) is 3. The van der Waals surface area contributed by atoms with Gasteiger partial charge in [0.05, 0.1) is 13.1 Å². The Kier molecular flexibility index (Phi) is 4.39. The number of rotatable bonds is 4. The maximum Gasteiger partial charge on any atom is 0.242 e. The molecule has 1 aromatic rings. The number of amides is 2. The van der Waals surface area contributed by atoms with E-state index in [0.717, 1.165) is 5.56 Å². The average molecular weight is 275 g/mol. The summed E-state index contributed by atoms with van der Waals surface area (Å²) in [7, 11) is 3.53. The van der Waals surface area contributed by atoms with Gasteiger partial charge in [-0.2, -0.15) is 0 Å². The Morgan fingerprint density at radius 1 is 1.25 bits per heavy atom. The number of aryl methyl sites for hydroxylation is 1. The molecule has 1 aromatic carbocycles. The number of hydrogen-bond donors (Lipinski definition) is 1. The minimum absolute atomic E-state index is 0.00000283. The summed E-state index contributed by atoms with van der Waals surface area (Å²) in [5.41, 5.74) is 2.32. The summed E-state index contributed by atoms with van der Waals surface area (Å²) in [4.78, 5) is 26.8. The van der Waals surface area contributed by atoms with Crippen LogP contribution in [-0.2, 0) is 9.59 Å². The number of benzene rings is 1. The van der Waals surface area contributed by atoms with Gasteiger partial charge < -0.3 is 15.1 Å². The molecule has 1 aliphatic rings. The van der Waals surface area contributed by atoms with Crippen LogP contribution >= 0.6 is 0 Å². The third kappa shape index (κ3) is 3.17. The topological polar surface area (TPSA) is 52.7 Å². The van der Waals surface area contributed by atoms with Crippen LogP contribution in [0.5, 0.6) is 0 Å². The Labute approximate surface area is 119 Å². The third-order valence-electron chi connectivity index (χ3n) is 3.67. The lowest BCUT2D eigenvalue weighted by molar-refractivity contribution is -0.149. The van der Waals surface area contributed by atoms with Gasteiger partial charge in [0, 0.05) is 19.6 Å². The summed E-state index contributed by atoms with van der Waals surface area (Å²) in [6.45, 7) is 2.89. The highest BCUT2D eigenvalue weighted by Crippen LogP contribution is 2.17. The molecule has 5 heteroatoms. The lowest BCUT2D eigenvalue weighted by atomic mass is 10.0. The van der Waals surface area contributed by atoms with Gasteiger partial charge in [0.25, 0.3) is 0 Å². The molecule has 1 heterocycles. The number of carbonyl (C=O) groups is 2. The van der Waals surface area contributed by atoms with E-state index in [9.17, 15) is 9.59 Å². The highest BCUT2D eigenvalue weighted by Gasteiger charge is 2.29. The highest BCUT2D eigenvalue weighted by molar-refractivity contribution is 5.92. The van der Waals surface area contributed by atoms with E-state index in [-0.39, 0.29) is 30.9 Å². The first-order valence-electron chi connectivity index (χ1n) is 6.77. The van der Waals surface area contributed by atoms with Gasteiger partial charge in [0.1, 0.15) is 0 Å². The molecule has 0 aromatic heterocycles. The average Bonchev–Trinajstić information content (AvgIpc) is 2.41. The van der Waals surface area contributed by atoms with E-state index in [1.165, 1.54) is 10.5 Å². The van der Waals surface area contributed by atoms with Crippen molar-refractivity contribution in [3.8, 4) is 0 Å². The van der Waals surface area contributed by atoms with Gasteiger partial charge in [-0.3, -0.25) is 9.59 Å². The monoisotopic (exact) mass is 275 g/mol. The zero-order valence-electron chi connectivity index (χ0n) is 12.2. The van der Waals surface area contributed by atoms with E-state index in [1.54, 1.807) is 11.9 Å². The van der Waals surface area contributed by atoms with Crippen LogP contribution in [0.25, 0.3) is 0 Å². The van der Waals surface area contributed by atoms with E-state index in [2.05, 4.69) is 11.4 Å². The summed E-state index contributed by atoms with van der Waals surface area (Å²) in [5, 5.41) is 3.22. The van der Waals surface area contributed by atoms with Crippen molar-refractivity contribution in [2.45, 2.75) is 13.0 Å². The molecule has 1 atom stereocenters. The number of carbonyl (C=O) groups excluding carboxylic acids is 2. The van der Waals surface area contributed by atoms with Gasteiger partial charge in [-0.25, -0.2) is 0 Å². The summed E-state index contributed by atoms with van der Waals surface area (Å²) < 4.78 is 0. The van der Waals surface area contributed by atoms with Gasteiger partial charge in [0.15, 0.2) is 0 Å². The fourth-order valence-electron chi connectivity index (χ4n) is 2.40. The quantitative estimate of drug-likeness (QED) is 0.873. The van der Waals surface area contributed by atoms with Crippen LogP contribution in [-0.4, -0.2) is 55.3 Å². The summed E-state index contributed by atoms with van der Waals surface area (Å²) in [5.74, 6) is -0.0105. The molecular formula is C15H21N3O2. The summed E-state index contributed by atoms with van der Waals surface area (Å²) in [6.07, 6.45) is 0. The van der Waals surface area contributed by atoms with E-state index >= 15 is 0 Å². The zero-order chi connectivity index (χ0) is 14.7. The number of nitrogens with one attached hydrogen (secondary N) is 1. The van der Waals surface area contributed by atoms with Crippen LogP contribution in [0.2, 0.25) is 0 Å². The van der Waals surface area contributed by atoms with Gasteiger partial charge in [-0.05, 0) is 19.5 Å².